The van der Waals surface area contributed by atoms with E-state index in [1.165, 1.54) is 6.08 Å². The van der Waals surface area contributed by atoms with Crippen LogP contribution in [0.1, 0.15) is 5.56 Å². The maximum atomic E-state index is 11.7. The fourth-order valence-electron chi connectivity index (χ4n) is 2.20. The second-order valence-corrected chi connectivity index (χ2v) is 5.14. The Hall–Kier alpha value is -3.15. The molecule has 0 amide bonds. The standard InChI is InChI=1S/C19H18O6/c1-21-15-4-6-16(7-5-15)22-10-11-23-19(20)9-3-14-2-8-17-18(12-14)25-13-24-17/h2-9,12H,10-11,13H2,1H3. The van der Waals surface area contributed by atoms with Crippen molar-refractivity contribution in [2.45, 2.75) is 0 Å². The van der Waals surface area contributed by atoms with Gasteiger partial charge < -0.3 is 23.7 Å². The molecule has 3 rings (SSSR count). The van der Waals surface area contributed by atoms with Crippen LogP contribution >= 0.6 is 0 Å². The van der Waals surface area contributed by atoms with Gasteiger partial charge in [-0.25, -0.2) is 4.79 Å². The molecule has 0 atom stereocenters. The molecule has 0 unspecified atom stereocenters. The third-order valence-corrected chi connectivity index (χ3v) is 3.46. The molecule has 0 aromatic heterocycles. The minimum absolute atomic E-state index is 0.163. The number of hydrogen-bond donors (Lipinski definition) is 0. The van der Waals surface area contributed by atoms with Crippen LogP contribution in [0, 0.1) is 0 Å². The lowest BCUT2D eigenvalue weighted by molar-refractivity contribution is -0.138. The van der Waals surface area contributed by atoms with Gasteiger partial charge in [0.25, 0.3) is 0 Å². The molecule has 0 spiro atoms. The highest BCUT2D eigenvalue weighted by atomic mass is 16.7. The Morgan fingerprint density at radius 1 is 1.04 bits per heavy atom. The normalized spacial score (nSPS) is 12.2. The van der Waals surface area contributed by atoms with Crippen molar-refractivity contribution in [2.75, 3.05) is 27.1 Å². The number of benzene rings is 2. The van der Waals surface area contributed by atoms with E-state index in [0.29, 0.717) is 17.2 Å². The minimum atomic E-state index is -0.434. The van der Waals surface area contributed by atoms with E-state index < -0.39 is 5.97 Å². The Balaban J connectivity index is 1.40. The maximum absolute atomic E-state index is 11.7. The van der Waals surface area contributed by atoms with Crippen molar-refractivity contribution in [1.29, 1.82) is 0 Å². The maximum Gasteiger partial charge on any atom is 0.330 e. The van der Waals surface area contributed by atoms with Crippen molar-refractivity contribution in [1.82, 2.24) is 0 Å². The lowest BCUT2D eigenvalue weighted by Crippen LogP contribution is -2.10. The number of rotatable bonds is 7. The largest absolute Gasteiger partial charge is 0.497 e. The van der Waals surface area contributed by atoms with Gasteiger partial charge in [-0.2, -0.15) is 0 Å². The first-order chi connectivity index (χ1) is 12.2. The summed E-state index contributed by atoms with van der Waals surface area (Å²) in [7, 11) is 1.60. The van der Waals surface area contributed by atoms with Crippen LogP contribution < -0.4 is 18.9 Å². The molecule has 0 saturated heterocycles. The molecule has 6 heteroatoms. The number of esters is 1. The first kappa shape index (κ1) is 16.7. The predicted octanol–water partition coefficient (Wildman–Crippen LogP) is 3.06. The number of ether oxygens (including phenoxy) is 5. The Morgan fingerprint density at radius 3 is 2.60 bits per heavy atom. The molecule has 130 valence electrons. The van der Waals surface area contributed by atoms with Crippen LogP contribution in [-0.2, 0) is 9.53 Å². The average molecular weight is 342 g/mol. The van der Waals surface area contributed by atoms with Crippen molar-refractivity contribution in [2.24, 2.45) is 0 Å². The van der Waals surface area contributed by atoms with E-state index in [1.807, 2.05) is 6.07 Å². The highest BCUT2D eigenvalue weighted by Crippen LogP contribution is 2.32. The van der Waals surface area contributed by atoms with Crippen LogP contribution in [0.3, 0.4) is 0 Å². The van der Waals surface area contributed by atoms with Gasteiger partial charge in [0.2, 0.25) is 6.79 Å². The summed E-state index contributed by atoms with van der Waals surface area (Å²) in [4.78, 5) is 11.7. The van der Waals surface area contributed by atoms with Crippen LogP contribution in [0.25, 0.3) is 6.08 Å². The Labute approximate surface area is 145 Å². The number of hydrogen-bond acceptors (Lipinski definition) is 6. The van der Waals surface area contributed by atoms with Gasteiger partial charge in [0.15, 0.2) is 11.5 Å². The summed E-state index contributed by atoms with van der Waals surface area (Å²) >= 11 is 0. The third kappa shape index (κ3) is 4.67. The van der Waals surface area contributed by atoms with E-state index in [0.717, 1.165) is 11.3 Å². The van der Waals surface area contributed by atoms with E-state index in [2.05, 4.69) is 0 Å². The predicted molar refractivity (Wildman–Crippen MR) is 91.0 cm³/mol. The lowest BCUT2D eigenvalue weighted by Gasteiger charge is -2.07. The van der Waals surface area contributed by atoms with Gasteiger partial charge >= 0.3 is 5.97 Å². The second kappa shape index (κ2) is 8.10. The highest BCUT2D eigenvalue weighted by molar-refractivity contribution is 5.87. The molecule has 0 N–H and O–H groups in total. The van der Waals surface area contributed by atoms with Gasteiger partial charge in [-0.15, -0.1) is 0 Å². The third-order valence-electron chi connectivity index (χ3n) is 3.46. The van der Waals surface area contributed by atoms with E-state index in [4.69, 9.17) is 23.7 Å². The summed E-state index contributed by atoms with van der Waals surface area (Å²) in [5.74, 6) is 2.38. The van der Waals surface area contributed by atoms with E-state index >= 15 is 0 Å². The average Bonchev–Trinajstić information content (AvgIpc) is 3.12. The topological polar surface area (TPSA) is 63.2 Å². The molecule has 0 radical (unpaired) electrons. The summed E-state index contributed by atoms with van der Waals surface area (Å²) in [5.41, 5.74) is 0.829. The summed E-state index contributed by atoms with van der Waals surface area (Å²) in [6, 6.07) is 12.6. The molecule has 2 aromatic rings. The van der Waals surface area contributed by atoms with Crippen molar-refractivity contribution in [3.8, 4) is 23.0 Å². The zero-order valence-electron chi connectivity index (χ0n) is 13.8. The Kier molecular flexibility index (Phi) is 5.41. The zero-order valence-corrected chi connectivity index (χ0v) is 13.8. The van der Waals surface area contributed by atoms with E-state index in [-0.39, 0.29) is 20.0 Å². The SMILES string of the molecule is COc1ccc(OCCOC(=O)C=Cc2ccc3c(c2)OCO3)cc1. The molecule has 2 aromatic carbocycles. The fourth-order valence-corrected chi connectivity index (χ4v) is 2.20. The molecule has 0 fully saturated rings. The van der Waals surface area contributed by atoms with Crippen molar-refractivity contribution < 1.29 is 28.5 Å². The van der Waals surface area contributed by atoms with Crippen molar-refractivity contribution >= 4 is 12.0 Å². The first-order valence-electron chi connectivity index (χ1n) is 7.76. The molecule has 0 aliphatic carbocycles. The second-order valence-electron chi connectivity index (χ2n) is 5.14. The Bertz CT molecular complexity index is 751. The lowest BCUT2D eigenvalue weighted by atomic mass is 10.2. The summed E-state index contributed by atoms with van der Waals surface area (Å²) in [6.45, 7) is 0.658. The molecule has 0 bridgehead atoms. The monoisotopic (exact) mass is 342 g/mol. The number of carbonyl (C=O) groups is 1. The van der Waals surface area contributed by atoms with Crippen LogP contribution in [0.5, 0.6) is 23.0 Å². The minimum Gasteiger partial charge on any atom is -0.497 e. The van der Waals surface area contributed by atoms with E-state index in [1.54, 1.807) is 49.6 Å². The van der Waals surface area contributed by atoms with Crippen LogP contribution in [0.2, 0.25) is 0 Å². The number of methoxy groups -OCH3 is 1. The van der Waals surface area contributed by atoms with Gasteiger partial charge in [-0.3, -0.25) is 0 Å². The van der Waals surface area contributed by atoms with Crippen molar-refractivity contribution in [3.05, 3.63) is 54.1 Å². The van der Waals surface area contributed by atoms with E-state index in [9.17, 15) is 4.79 Å². The molecular weight excluding hydrogens is 324 g/mol. The molecular formula is C19H18O6. The molecule has 1 heterocycles. The fraction of sp³-hybridized carbons (Fsp3) is 0.211. The van der Waals surface area contributed by atoms with Gasteiger partial charge in [0.1, 0.15) is 24.7 Å². The highest BCUT2D eigenvalue weighted by Gasteiger charge is 2.12. The van der Waals surface area contributed by atoms with Gasteiger partial charge in [0, 0.05) is 6.08 Å². The summed E-state index contributed by atoms with van der Waals surface area (Å²) in [5, 5.41) is 0. The molecule has 1 aliphatic heterocycles. The summed E-state index contributed by atoms with van der Waals surface area (Å²) < 4.78 is 26.2. The summed E-state index contributed by atoms with van der Waals surface area (Å²) in [6.07, 6.45) is 3.03. The smallest absolute Gasteiger partial charge is 0.330 e. The Morgan fingerprint density at radius 2 is 1.80 bits per heavy atom. The van der Waals surface area contributed by atoms with Crippen LogP contribution in [0.15, 0.2) is 48.5 Å². The zero-order chi connectivity index (χ0) is 17.5. The molecule has 1 aliphatic rings. The molecule has 6 nitrogen and oxygen atoms in total. The number of carbonyl (C=O) groups excluding carboxylic acids is 1. The van der Waals surface area contributed by atoms with Crippen LogP contribution in [0.4, 0.5) is 0 Å². The number of fused-ring (bicyclic) bond motifs is 1. The molecule has 0 saturated carbocycles. The van der Waals surface area contributed by atoms with Crippen molar-refractivity contribution in [3.63, 3.8) is 0 Å². The quantitative estimate of drug-likeness (QED) is 0.438. The first-order valence-corrected chi connectivity index (χ1v) is 7.76. The molecule has 25 heavy (non-hydrogen) atoms. The van der Waals surface area contributed by atoms with Gasteiger partial charge in [-0.1, -0.05) is 6.07 Å². The van der Waals surface area contributed by atoms with Crippen LogP contribution in [-0.4, -0.2) is 33.1 Å². The van der Waals surface area contributed by atoms with Gasteiger partial charge in [0.05, 0.1) is 7.11 Å². The van der Waals surface area contributed by atoms with Gasteiger partial charge in [-0.05, 0) is 48.0 Å².